The van der Waals surface area contributed by atoms with E-state index in [0.717, 1.165) is 45.0 Å². The van der Waals surface area contributed by atoms with E-state index in [1.165, 1.54) is 43.5 Å². The number of para-hydroxylation sites is 1. The molecule has 0 amide bonds. The largest absolute Gasteiger partial charge is 0.350 e. The van der Waals surface area contributed by atoms with E-state index >= 15 is 0 Å². The summed E-state index contributed by atoms with van der Waals surface area (Å²) in [5.41, 5.74) is 11.5. The van der Waals surface area contributed by atoms with Gasteiger partial charge in [-0.05, 0) is 81.6 Å². The average Bonchev–Trinajstić information content (AvgIpc) is 3.84. The summed E-state index contributed by atoms with van der Waals surface area (Å²) < 4.78 is 4.81. The minimum Gasteiger partial charge on any atom is -0.350 e. The number of hydrogen-bond donors (Lipinski definition) is 2. The molecule has 1 aliphatic heterocycles. The topological polar surface area (TPSA) is 46.3 Å². The predicted octanol–water partition coefficient (Wildman–Crippen LogP) is 11.3. The molecule has 2 atom stereocenters. The molecule has 10 aromatic rings. The molecule has 5 nitrogen and oxygen atoms in total. The van der Waals surface area contributed by atoms with Crippen LogP contribution in [0.3, 0.4) is 0 Å². The third-order valence-electron chi connectivity index (χ3n) is 10.9. The van der Waals surface area contributed by atoms with Crippen LogP contribution in [-0.2, 0) is 0 Å². The van der Waals surface area contributed by atoms with E-state index in [2.05, 4.69) is 202 Å². The normalized spacial score (nSPS) is 16.0. The fourth-order valence-corrected chi connectivity index (χ4v) is 8.45. The van der Waals surface area contributed by atoms with Crippen LogP contribution in [0.15, 0.2) is 193 Å². The van der Waals surface area contributed by atoms with E-state index in [9.17, 15) is 0 Å². The predicted molar refractivity (Wildman–Crippen MR) is 223 cm³/mol. The zero-order valence-corrected chi connectivity index (χ0v) is 29.4. The van der Waals surface area contributed by atoms with Crippen LogP contribution in [0.2, 0.25) is 0 Å². The van der Waals surface area contributed by atoms with Gasteiger partial charge < -0.3 is 14.5 Å². The maximum atomic E-state index is 5.38. The van der Waals surface area contributed by atoms with Crippen LogP contribution in [0.25, 0.3) is 66.0 Å². The van der Waals surface area contributed by atoms with Gasteiger partial charge in [0.05, 0.1) is 16.6 Å². The molecular formula is C49H35N5. The van der Waals surface area contributed by atoms with Gasteiger partial charge in [-0.1, -0.05) is 133 Å². The molecule has 0 radical (unpaired) electrons. The van der Waals surface area contributed by atoms with Gasteiger partial charge >= 0.3 is 0 Å². The minimum absolute atomic E-state index is 0.136. The molecule has 0 saturated heterocycles. The number of amidine groups is 1. The van der Waals surface area contributed by atoms with Crippen molar-refractivity contribution in [2.24, 2.45) is 4.99 Å². The fourth-order valence-electron chi connectivity index (χ4n) is 8.45. The van der Waals surface area contributed by atoms with Gasteiger partial charge in [-0.25, -0.2) is 4.99 Å². The first-order valence-corrected chi connectivity index (χ1v) is 18.5. The SMILES string of the molecule is c1ccc(C2=NC(c3cc(-c4ccccc4)cc(-n4c5cccc6ccc7cc8c(ccn8-c8ccccc8)c4c7c65)c3)NC(c3ccccc3)N2)cc1. The number of rotatable bonds is 6. The molecule has 54 heavy (non-hydrogen) atoms. The van der Waals surface area contributed by atoms with E-state index in [4.69, 9.17) is 4.99 Å². The second-order valence-electron chi connectivity index (χ2n) is 14.1. The smallest absolute Gasteiger partial charge is 0.131 e. The van der Waals surface area contributed by atoms with Gasteiger partial charge in [0.15, 0.2) is 0 Å². The molecule has 2 aromatic heterocycles. The Kier molecular flexibility index (Phi) is 7.00. The number of nitrogens with one attached hydrogen (secondary N) is 2. The lowest BCUT2D eigenvalue weighted by atomic mass is 9.99. The molecule has 11 rings (SSSR count). The summed E-state index contributed by atoms with van der Waals surface area (Å²) in [5.74, 6) is 0.868. The molecule has 1 aliphatic rings. The maximum absolute atomic E-state index is 5.38. The number of aliphatic imine (C=N–C) groups is 1. The maximum Gasteiger partial charge on any atom is 0.131 e. The summed E-state index contributed by atoms with van der Waals surface area (Å²) in [7, 11) is 0. The van der Waals surface area contributed by atoms with E-state index < -0.39 is 0 Å². The van der Waals surface area contributed by atoms with Crippen molar-refractivity contribution in [1.29, 1.82) is 0 Å². The molecule has 0 bridgehead atoms. The first-order chi connectivity index (χ1) is 26.8. The van der Waals surface area contributed by atoms with Gasteiger partial charge in [-0.3, -0.25) is 5.32 Å². The zero-order valence-electron chi connectivity index (χ0n) is 29.4. The number of benzene rings is 8. The second kappa shape index (κ2) is 12.3. The van der Waals surface area contributed by atoms with E-state index in [-0.39, 0.29) is 12.3 Å². The van der Waals surface area contributed by atoms with Gasteiger partial charge in [0.2, 0.25) is 0 Å². The lowest BCUT2D eigenvalue weighted by molar-refractivity contribution is 0.409. The van der Waals surface area contributed by atoms with Gasteiger partial charge in [0, 0.05) is 39.3 Å². The van der Waals surface area contributed by atoms with Gasteiger partial charge in [-0.15, -0.1) is 0 Å². The van der Waals surface area contributed by atoms with E-state index in [0.29, 0.717) is 0 Å². The molecule has 256 valence electrons. The fraction of sp³-hybridized carbons (Fsp3) is 0.0408. The van der Waals surface area contributed by atoms with Crippen LogP contribution < -0.4 is 10.6 Å². The Balaban J connectivity index is 1.19. The number of nitrogens with zero attached hydrogens (tertiary/aromatic N) is 3. The third kappa shape index (κ3) is 4.94. The van der Waals surface area contributed by atoms with E-state index in [1.54, 1.807) is 0 Å². The first kappa shape index (κ1) is 30.7. The third-order valence-corrected chi connectivity index (χ3v) is 10.9. The highest BCUT2D eigenvalue weighted by Gasteiger charge is 2.27. The van der Waals surface area contributed by atoms with E-state index in [1.807, 2.05) is 6.07 Å². The van der Waals surface area contributed by atoms with Crippen molar-refractivity contribution in [3.63, 3.8) is 0 Å². The molecular weight excluding hydrogens is 659 g/mol. The molecule has 8 aromatic carbocycles. The first-order valence-electron chi connectivity index (χ1n) is 18.5. The highest BCUT2D eigenvalue weighted by atomic mass is 15.3. The van der Waals surface area contributed by atoms with Gasteiger partial charge in [0.25, 0.3) is 0 Å². The quantitative estimate of drug-likeness (QED) is 0.170. The Labute approximate surface area is 312 Å². The highest BCUT2D eigenvalue weighted by molar-refractivity contribution is 6.30. The standard InChI is InChI=1S/C49H35N5/c1-5-14-32(15-6-1)37-28-38(49-51-47(34-16-7-2-8-17-34)50-48(52-49)35-18-9-3-10-19-35)30-40(29-37)54-42-23-13-20-33-24-25-36-31-43-41(46(54)45(36)44(33)42)26-27-53(43)39-21-11-4-12-22-39/h1-31,47,49,51H,(H,50,52). The highest BCUT2D eigenvalue weighted by Crippen LogP contribution is 2.44. The Morgan fingerprint density at radius 3 is 1.96 bits per heavy atom. The molecule has 0 aliphatic carbocycles. The van der Waals surface area contributed by atoms with Crippen LogP contribution in [0.4, 0.5) is 0 Å². The molecule has 3 heterocycles. The van der Waals surface area contributed by atoms with Crippen molar-refractivity contribution >= 4 is 49.3 Å². The zero-order chi connectivity index (χ0) is 35.6. The van der Waals surface area contributed by atoms with Crippen LogP contribution in [0.1, 0.15) is 29.0 Å². The molecule has 0 spiro atoms. The van der Waals surface area contributed by atoms with Crippen molar-refractivity contribution in [2.45, 2.75) is 12.3 Å². The molecule has 0 fully saturated rings. The number of fused-ring (bicyclic) bond motifs is 2. The summed E-state index contributed by atoms with van der Waals surface area (Å²) in [5, 5.41) is 13.9. The Hall–Kier alpha value is -6.95. The second-order valence-corrected chi connectivity index (χ2v) is 14.1. The van der Waals surface area contributed by atoms with Crippen LogP contribution in [0.5, 0.6) is 0 Å². The molecule has 2 unspecified atom stereocenters. The minimum atomic E-state index is -0.315. The monoisotopic (exact) mass is 693 g/mol. The van der Waals surface area contributed by atoms with Crippen molar-refractivity contribution in [2.75, 3.05) is 0 Å². The average molecular weight is 694 g/mol. The van der Waals surface area contributed by atoms with Crippen molar-refractivity contribution in [1.82, 2.24) is 19.8 Å². The lowest BCUT2D eigenvalue weighted by Gasteiger charge is -2.32. The summed E-state index contributed by atoms with van der Waals surface area (Å²) in [6, 6.07) is 65.2. The van der Waals surface area contributed by atoms with Crippen LogP contribution in [0, 0.1) is 0 Å². The summed E-state index contributed by atoms with van der Waals surface area (Å²) >= 11 is 0. The van der Waals surface area contributed by atoms with Gasteiger partial charge in [0.1, 0.15) is 18.2 Å². The Bertz CT molecular complexity index is 2980. The lowest BCUT2D eigenvalue weighted by Crippen LogP contribution is -2.44. The molecule has 5 heteroatoms. The van der Waals surface area contributed by atoms with Crippen LogP contribution in [-0.4, -0.2) is 15.0 Å². The van der Waals surface area contributed by atoms with Crippen molar-refractivity contribution < 1.29 is 0 Å². The molecule has 2 N–H and O–H groups in total. The number of hydrogen-bond acceptors (Lipinski definition) is 3. The molecule has 0 saturated carbocycles. The van der Waals surface area contributed by atoms with Crippen molar-refractivity contribution in [3.05, 3.63) is 205 Å². The van der Waals surface area contributed by atoms with Gasteiger partial charge in [-0.2, -0.15) is 0 Å². The van der Waals surface area contributed by atoms with Crippen LogP contribution >= 0.6 is 0 Å². The summed E-state index contributed by atoms with van der Waals surface area (Å²) in [6.07, 6.45) is 1.76. The number of aromatic nitrogens is 2. The van der Waals surface area contributed by atoms with Crippen molar-refractivity contribution in [3.8, 4) is 22.5 Å². The Morgan fingerprint density at radius 2 is 1.19 bits per heavy atom. The Morgan fingerprint density at radius 1 is 0.481 bits per heavy atom. The summed E-state index contributed by atoms with van der Waals surface area (Å²) in [4.78, 5) is 5.38. The summed E-state index contributed by atoms with van der Waals surface area (Å²) in [6.45, 7) is 0.